The van der Waals surface area contributed by atoms with Crippen molar-refractivity contribution >= 4 is 28.7 Å². The first-order chi connectivity index (χ1) is 14.4. The fraction of sp³-hybridized carbons (Fsp3) is 0.476. The Kier molecular flexibility index (Phi) is 5.27. The van der Waals surface area contributed by atoms with Gasteiger partial charge < -0.3 is 5.32 Å². The average molecular weight is 411 g/mol. The van der Waals surface area contributed by atoms with Gasteiger partial charge in [0.2, 0.25) is 5.91 Å². The molecule has 0 bridgehead atoms. The number of urea groups is 1. The molecular weight excluding hydrogens is 386 g/mol. The third-order valence-electron chi connectivity index (χ3n) is 5.96. The van der Waals surface area contributed by atoms with E-state index in [1.165, 1.54) is 10.9 Å². The molecule has 2 heterocycles. The summed E-state index contributed by atoms with van der Waals surface area (Å²) in [5, 5.41) is 4.10. The van der Waals surface area contributed by atoms with Crippen molar-refractivity contribution in [2.75, 3.05) is 0 Å². The summed E-state index contributed by atoms with van der Waals surface area (Å²) in [4.78, 5) is 54.2. The van der Waals surface area contributed by atoms with Gasteiger partial charge in [0.05, 0.1) is 17.2 Å². The van der Waals surface area contributed by atoms with Gasteiger partial charge in [0.25, 0.3) is 11.5 Å². The van der Waals surface area contributed by atoms with Crippen molar-refractivity contribution in [2.24, 2.45) is 0 Å². The largest absolute Gasteiger partial charge is 0.344 e. The van der Waals surface area contributed by atoms with Gasteiger partial charge in [-0.3, -0.25) is 24.4 Å². The molecule has 1 saturated carbocycles. The van der Waals surface area contributed by atoms with Crippen LogP contribution in [0.3, 0.4) is 0 Å². The highest BCUT2D eigenvalue weighted by Gasteiger charge is 2.52. The molecule has 1 aromatic heterocycles. The number of imide groups is 1. The van der Waals surface area contributed by atoms with E-state index in [0.29, 0.717) is 36.7 Å². The second-order valence-electron chi connectivity index (χ2n) is 8.07. The van der Waals surface area contributed by atoms with Gasteiger partial charge in [0.15, 0.2) is 0 Å². The molecule has 9 heteroatoms. The number of carbonyl (C=O) groups excluding carboxylic acids is 3. The average Bonchev–Trinajstić information content (AvgIpc) is 2.94. The van der Waals surface area contributed by atoms with Crippen LogP contribution in [0.4, 0.5) is 4.79 Å². The molecule has 2 N–H and O–H groups in total. The van der Waals surface area contributed by atoms with E-state index < -0.39 is 17.5 Å². The van der Waals surface area contributed by atoms with Gasteiger partial charge in [-0.25, -0.2) is 9.78 Å². The lowest BCUT2D eigenvalue weighted by Crippen LogP contribution is -2.50. The minimum absolute atomic E-state index is 0.0718. The van der Waals surface area contributed by atoms with Crippen LogP contribution in [0.15, 0.2) is 29.3 Å². The van der Waals surface area contributed by atoms with E-state index in [1.807, 2.05) is 19.1 Å². The van der Waals surface area contributed by atoms with Crippen molar-refractivity contribution in [1.82, 2.24) is 25.3 Å². The van der Waals surface area contributed by atoms with Crippen molar-refractivity contribution in [3.05, 3.63) is 40.4 Å². The van der Waals surface area contributed by atoms with Gasteiger partial charge in [-0.05, 0) is 37.8 Å². The van der Waals surface area contributed by atoms with Crippen molar-refractivity contribution in [2.45, 2.75) is 64.0 Å². The maximum absolute atomic E-state index is 12.7. The molecule has 158 valence electrons. The Balaban J connectivity index is 1.35. The molecule has 1 aliphatic heterocycles. The number of rotatable bonds is 5. The summed E-state index contributed by atoms with van der Waals surface area (Å²) in [7, 11) is 0. The Morgan fingerprint density at radius 1 is 1.20 bits per heavy atom. The van der Waals surface area contributed by atoms with E-state index in [4.69, 9.17) is 0 Å². The van der Waals surface area contributed by atoms with Crippen molar-refractivity contribution < 1.29 is 14.4 Å². The van der Waals surface area contributed by atoms with E-state index in [-0.39, 0.29) is 17.9 Å². The third kappa shape index (κ3) is 3.55. The van der Waals surface area contributed by atoms with Crippen molar-refractivity contribution in [1.29, 1.82) is 0 Å². The highest BCUT2D eigenvalue weighted by Crippen LogP contribution is 2.33. The van der Waals surface area contributed by atoms with Gasteiger partial charge >= 0.3 is 6.03 Å². The number of nitrogens with one attached hydrogen (secondary N) is 2. The Hall–Kier alpha value is -3.23. The number of fused-ring (bicyclic) bond motifs is 1. The summed E-state index contributed by atoms with van der Waals surface area (Å²) in [5.41, 5.74) is 3.00. The number of hydrogen-bond acceptors (Lipinski definition) is 5. The van der Waals surface area contributed by atoms with Gasteiger partial charge in [-0.1, -0.05) is 31.4 Å². The Bertz CT molecular complexity index is 1070. The molecule has 2 aromatic rings. The lowest BCUT2D eigenvalue weighted by atomic mass is 9.82. The zero-order valence-corrected chi connectivity index (χ0v) is 16.9. The molecule has 2 aliphatic rings. The number of hydrazine groups is 1. The molecule has 1 aromatic carbocycles. The molecule has 0 radical (unpaired) electrons. The van der Waals surface area contributed by atoms with Gasteiger partial charge in [0.1, 0.15) is 5.54 Å². The summed E-state index contributed by atoms with van der Waals surface area (Å²) in [6.07, 6.45) is 5.92. The maximum Gasteiger partial charge on any atom is 0.344 e. The summed E-state index contributed by atoms with van der Waals surface area (Å²) < 4.78 is 1.47. The number of carbonyl (C=O) groups is 3. The fourth-order valence-electron chi connectivity index (χ4n) is 4.30. The molecular formula is C21H25N5O4. The van der Waals surface area contributed by atoms with Crippen LogP contribution in [0.2, 0.25) is 0 Å². The van der Waals surface area contributed by atoms with E-state index >= 15 is 0 Å². The number of nitrogens with zero attached hydrogens (tertiary/aromatic N) is 3. The topological polar surface area (TPSA) is 113 Å². The molecule has 1 saturated heterocycles. The zero-order chi connectivity index (χ0) is 21.3. The van der Waals surface area contributed by atoms with Crippen LogP contribution in [-0.2, 0) is 16.1 Å². The predicted molar refractivity (Wildman–Crippen MR) is 109 cm³/mol. The van der Waals surface area contributed by atoms with E-state index in [2.05, 4.69) is 15.7 Å². The second-order valence-corrected chi connectivity index (χ2v) is 8.07. The van der Waals surface area contributed by atoms with Gasteiger partial charge in [-0.2, -0.15) is 5.01 Å². The lowest BCUT2D eigenvalue weighted by molar-refractivity contribution is -0.139. The van der Waals surface area contributed by atoms with Crippen LogP contribution in [0.25, 0.3) is 10.9 Å². The summed E-state index contributed by atoms with van der Waals surface area (Å²) in [6.45, 7) is 2.21. The van der Waals surface area contributed by atoms with Crippen LogP contribution < -0.4 is 16.3 Å². The van der Waals surface area contributed by atoms with E-state index in [0.717, 1.165) is 29.8 Å². The zero-order valence-electron chi connectivity index (χ0n) is 16.9. The van der Waals surface area contributed by atoms with Gasteiger partial charge in [0, 0.05) is 13.0 Å². The lowest BCUT2D eigenvalue weighted by Gasteiger charge is -2.30. The molecule has 2 fully saturated rings. The third-order valence-corrected chi connectivity index (χ3v) is 5.96. The maximum atomic E-state index is 12.7. The standard InChI is InChI=1S/C21H25N5O4/c1-14-7-5-8-15-17(14)22-13-25(18(15)28)12-6-9-16(27)24-26-19(29)21(23-20(26)30)10-3-2-4-11-21/h5,7-8,13H,2-4,6,9-12H2,1H3,(H,23,30)(H,24,27). The number of aryl methyl sites for hydroxylation is 2. The monoisotopic (exact) mass is 411 g/mol. The van der Waals surface area contributed by atoms with E-state index in [9.17, 15) is 19.2 Å². The van der Waals surface area contributed by atoms with Crippen LogP contribution in [0, 0.1) is 6.92 Å². The number of benzene rings is 1. The highest BCUT2D eigenvalue weighted by molar-refractivity contribution is 6.08. The first-order valence-corrected chi connectivity index (χ1v) is 10.3. The minimum Gasteiger partial charge on any atom is -0.322 e. The number of hydrogen-bond donors (Lipinski definition) is 2. The summed E-state index contributed by atoms with van der Waals surface area (Å²) in [6, 6.07) is 4.87. The molecule has 0 atom stereocenters. The predicted octanol–water partition coefficient (Wildman–Crippen LogP) is 1.77. The Labute approximate surface area is 173 Å². The smallest absolute Gasteiger partial charge is 0.322 e. The van der Waals surface area contributed by atoms with Crippen LogP contribution >= 0.6 is 0 Å². The van der Waals surface area contributed by atoms with Crippen LogP contribution in [-0.4, -0.2) is 37.9 Å². The van der Waals surface area contributed by atoms with E-state index in [1.54, 1.807) is 6.07 Å². The number of aromatic nitrogens is 2. The molecule has 0 unspecified atom stereocenters. The highest BCUT2D eigenvalue weighted by atomic mass is 16.2. The van der Waals surface area contributed by atoms with Gasteiger partial charge in [-0.15, -0.1) is 0 Å². The summed E-state index contributed by atoms with van der Waals surface area (Å²) in [5.74, 6) is -0.824. The Morgan fingerprint density at radius 2 is 1.97 bits per heavy atom. The number of para-hydroxylation sites is 1. The molecule has 1 aliphatic carbocycles. The first kappa shape index (κ1) is 20.1. The van der Waals surface area contributed by atoms with Crippen molar-refractivity contribution in [3.63, 3.8) is 0 Å². The number of amides is 4. The summed E-state index contributed by atoms with van der Waals surface area (Å²) >= 11 is 0. The second kappa shape index (κ2) is 7.89. The SMILES string of the molecule is Cc1cccc2c(=O)n(CCCC(=O)NN3C(=O)NC4(CCCCC4)C3=O)cnc12. The quantitative estimate of drug-likeness (QED) is 0.728. The molecule has 1 spiro atoms. The molecule has 30 heavy (non-hydrogen) atoms. The first-order valence-electron chi connectivity index (χ1n) is 10.3. The normalized spacial score (nSPS) is 18.1. The fourth-order valence-corrected chi connectivity index (χ4v) is 4.30. The molecule has 4 rings (SSSR count). The Morgan fingerprint density at radius 3 is 2.73 bits per heavy atom. The van der Waals surface area contributed by atoms with Crippen molar-refractivity contribution in [3.8, 4) is 0 Å². The minimum atomic E-state index is -0.870. The molecule has 9 nitrogen and oxygen atoms in total. The van der Waals surface area contributed by atoms with Crippen LogP contribution in [0.5, 0.6) is 0 Å². The van der Waals surface area contributed by atoms with Crippen LogP contribution in [0.1, 0.15) is 50.5 Å². The molecule has 4 amide bonds.